The maximum absolute atomic E-state index is 12.5. The van der Waals surface area contributed by atoms with Gasteiger partial charge in [0.15, 0.2) is 0 Å². The smallest absolute Gasteiger partial charge is 0.239 e. The molecule has 1 aliphatic rings. The van der Waals surface area contributed by atoms with Gasteiger partial charge in [-0.3, -0.25) is 14.6 Å². The fraction of sp³-hybridized carbons (Fsp3) is 0.944. The molecule has 136 valence electrons. The van der Waals surface area contributed by atoms with Gasteiger partial charge in [-0.05, 0) is 66.5 Å². The van der Waals surface area contributed by atoms with Crippen LogP contribution < -0.4 is 0 Å². The number of carbonyl (C=O) groups excluding carboxylic acids is 1. The van der Waals surface area contributed by atoms with Crippen LogP contribution >= 0.6 is 0 Å². The highest BCUT2D eigenvalue weighted by molar-refractivity contribution is 5.81. The second kappa shape index (κ2) is 10.3. The molecule has 0 aliphatic carbocycles. The van der Waals surface area contributed by atoms with Crippen molar-refractivity contribution in [3.05, 3.63) is 0 Å². The van der Waals surface area contributed by atoms with Crippen molar-refractivity contribution in [3.8, 4) is 0 Å². The van der Waals surface area contributed by atoms with Gasteiger partial charge in [0.1, 0.15) is 0 Å². The van der Waals surface area contributed by atoms with Gasteiger partial charge in [0.2, 0.25) is 5.91 Å². The number of aliphatic hydroxyl groups is 1. The first-order valence-corrected chi connectivity index (χ1v) is 9.32. The Kier molecular flexibility index (Phi) is 9.10. The maximum atomic E-state index is 12.5. The molecule has 1 heterocycles. The molecule has 5 heteroatoms. The van der Waals surface area contributed by atoms with Crippen molar-refractivity contribution in [1.29, 1.82) is 0 Å². The summed E-state index contributed by atoms with van der Waals surface area (Å²) in [6.45, 7) is 16.2. The van der Waals surface area contributed by atoms with E-state index < -0.39 is 0 Å². The topological polar surface area (TPSA) is 47.0 Å². The third kappa shape index (κ3) is 6.05. The standard InChI is InChI=1S/C18H37N3O2/c1-6-19(7-2)18(23)16(5)20-10-8-17(9-11-20)14-21(12-13-22)15(3)4/h15-17,22H,6-14H2,1-5H3. The summed E-state index contributed by atoms with van der Waals surface area (Å²) in [5, 5.41) is 9.20. The van der Waals surface area contributed by atoms with E-state index in [-0.39, 0.29) is 18.6 Å². The van der Waals surface area contributed by atoms with E-state index in [4.69, 9.17) is 0 Å². The fourth-order valence-electron chi connectivity index (χ4n) is 3.50. The number of carbonyl (C=O) groups is 1. The van der Waals surface area contributed by atoms with Crippen LogP contribution in [0.3, 0.4) is 0 Å². The van der Waals surface area contributed by atoms with Crippen LogP contribution in [-0.2, 0) is 4.79 Å². The van der Waals surface area contributed by atoms with Gasteiger partial charge >= 0.3 is 0 Å². The number of likely N-dealkylation sites (N-methyl/N-ethyl adjacent to an activating group) is 1. The highest BCUT2D eigenvalue weighted by Gasteiger charge is 2.29. The number of hydrogen-bond donors (Lipinski definition) is 1. The normalized spacial score (nSPS) is 18.6. The van der Waals surface area contributed by atoms with Gasteiger partial charge in [0.25, 0.3) is 0 Å². The first-order valence-electron chi connectivity index (χ1n) is 9.32. The molecular weight excluding hydrogens is 290 g/mol. The average molecular weight is 328 g/mol. The zero-order valence-corrected chi connectivity index (χ0v) is 15.8. The largest absolute Gasteiger partial charge is 0.395 e. The first kappa shape index (κ1) is 20.4. The van der Waals surface area contributed by atoms with Gasteiger partial charge < -0.3 is 10.0 Å². The Labute approximate surface area is 142 Å². The summed E-state index contributed by atoms with van der Waals surface area (Å²) in [5.74, 6) is 0.938. The minimum Gasteiger partial charge on any atom is -0.395 e. The second-order valence-electron chi connectivity index (χ2n) is 6.98. The van der Waals surface area contributed by atoms with Crippen LogP contribution in [0.2, 0.25) is 0 Å². The molecule has 0 radical (unpaired) electrons. The number of rotatable bonds is 9. The Balaban J connectivity index is 2.46. The molecule has 0 aromatic rings. The van der Waals surface area contributed by atoms with E-state index in [1.165, 1.54) is 0 Å². The quantitative estimate of drug-likeness (QED) is 0.700. The van der Waals surface area contributed by atoms with Gasteiger partial charge in [0, 0.05) is 32.2 Å². The Morgan fingerprint density at radius 2 is 1.74 bits per heavy atom. The number of amides is 1. The van der Waals surface area contributed by atoms with Gasteiger partial charge in [-0.15, -0.1) is 0 Å². The Morgan fingerprint density at radius 1 is 1.17 bits per heavy atom. The molecule has 1 atom stereocenters. The molecule has 0 aromatic heterocycles. The third-order valence-electron chi connectivity index (χ3n) is 5.24. The number of nitrogens with zero attached hydrogens (tertiary/aromatic N) is 3. The van der Waals surface area contributed by atoms with E-state index in [1.54, 1.807) is 0 Å². The molecule has 1 rings (SSSR count). The summed E-state index contributed by atoms with van der Waals surface area (Å²) in [6.07, 6.45) is 2.29. The molecule has 1 fully saturated rings. The van der Waals surface area contributed by atoms with Crippen LogP contribution in [0, 0.1) is 5.92 Å². The van der Waals surface area contributed by atoms with Crippen molar-refractivity contribution in [2.45, 2.75) is 59.5 Å². The number of piperidine rings is 1. The van der Waals surface area contributed by atoms with E-state index in [2.05, 4.69) is 23.6 Å². The second-order valence-corrected chi connectivity index (χ2v) is 6.98. The lowest BCUT2D eigenvalue weighted by Gasteiger charge is -2.39. The van der Waals surface area contributed by atoms with Crippen LogP contribution in [-0.4, -0.2) is 83.7 Å². The van der Waals surface area contributed by atoms with Crippen molar-refractivity contribution in [2.24, 2.45) is 5.92 Å². The van der Waals surface area contributed by atoms with Gasteiger partial charge in [0.05, 0.1) is 12.6 Å². The summed E-state index contributed by atoms with van der Waals surface area (Å²) in [5.41, 5.74) is 0. The highest BCUT2D eigenvalue weighted by atomic mass is 16.3. The van der Waals surface area contributed by atoms with Crippen molar-refractivity contribution in [1.82, 2.24) is 14.7 Å². The molecule has 0 spiro atoms. The Hall–Kier alpha value is -0.650. The lowest BCUT2D eigenvalue weighted by atomic mass is 9.94. The number of aliphatic hydroxyl groups excluding tert-OH is 1. The number of likely N-dealkylation sites (tertiary alicyclic amines) is 1. The first-order chi connectivity index (χ1) is 10.9. The maximum Gasteiger partial charge on any atom is 0.239 e. The molecule has 0 saturated carbocycles. The van der Waals surface area contributed by atoms with E-state index in [0.29, 0.717) is 12.0 Å². The zero-order valence-electron chi connectivity index (χ0n) is 15.8. The highest BCUT2D eigenvalue weighted by Crippen LogP contribution is 2.21. The van der Waals surface area contributed by atoms with Crippen molar-refractivity contribution in [3.63, 3.8) is 0 Å². The molecule has 1 amide bonds. The van der Waals surface area contributed by atoms with E-state index in [9.17, 15) is 9.90 Å². The molecule has 1 unspecified atom stereocenters. The third-order valence-corrected chi connectivity index (χ3v) is 5.24. The van der Waals surface area contributed by atoms with E-state index >= 15 is 0 Å². The summed E-state index contributed by atoms with van der Waals surface area (Å²) in [6, 6.07) is 0.470. The van der Waals surface area contributed by atoms with Crippen LogP contribution in [0.5, 0.6) is 0 Å². The summed E-state index contributed by atoms with van der Waals surface area (Å²) >= 11 is 0. The van der Waals surface area contributed by atoms with Crippen LogP contribution in [0.1, 0.15) is 47.5 Å². The summed E-state index contributed by atoms with van der Waals surface area (Å²) in [4.78, 5) is 19.1. The van der Waals surface area contributed by atoms with Crippen LogP contribution in [0.25, 0.3) is 0 Å². The zero-order chi connectivity index (χ0) is 17.4. The van der Waals surface area contributed by atoms with Gasteiger partial charge in [-0.2, -0.15) is 0 Å². The minimum atomic E-state index is -0.00510. The predicted octanol–water partition coefficient (Wildman–Crippen LogP) is 1.66. The van der Waals surface area contributed by atoms with E-state index in [1.807, 2.05) is 25.7 Å². The lowest BCUT2D eigenvalue weighted by molar-refractivity contribution is -0.136. The summed E-state index contributed by atoms with van der Waals surface area (Å²) < 4.78 is 0. The molecule has 5 nitrogen and oxygen atoms in total. The molecule has 0 bridgehead atoms. The molecule has 1 saturated heterocycles. The van der Waals surface area contributed by atoms with E-state index in [0.717, 1.165) is 52.1 Å². The number of hydrogen-bond acceptors (Lipinski definition) is 4. The van der Waals surface area contributed by atoms with Crippen molar-refractivity contribution >= 4 is 5.91 Å². The molecule has 23 heavy (non-hydrogen) atoms. The average Bonchev–Trinajstić information content (AvgIpc) is 2.55. The lowest BCUT2D eigenvalue weighted by Crippen LogP contribution is -2.50. The van der Waals surface area contributed by atoms with Crippen molar-refractivity contribution < 1.29 is 9.90 Å². The molecule has 1 N–H and O–H groups in total. The Morgan fingerprint density at radius 3 is 2.17 bits per heavy atom. The molecule has 0 aromatic carbocycles. The monoisotopic (exact) mass is 327 g/mol. The molecule has 1 aliphatic heterocycles. The SMILES string of the molecule is CCN(CC)C(=O)C(C)N1CCC(CN(CCO)C(C)C)CC1. The predicted molar refractivity (Wildman–Crippen MR) is 95.5 cm³/mol. The molecular formula is C18H37N3O2. The minimum absolute atomic E-state index is 0.00510. The van der Waals surface area contributed by atoms with Gasteiger partial charge in [-0.25, -0.2) is 0 Å². The summed E-state index contributed by atoms with van der Waals surface area (Å²) in [7, 11) is 0. The van der Waals surface area contributed by atoms with Crippen LogP contribution in [0.4, 0.5) is 0 Å². The Bertz CT molecular complexity index is 337. The fourth-order valence-corrected chi connectivity index (χ4v) is 3.50. The van der Waals surface area contributed by atoms with Crippen LogP contribution in [0.15, 0.2) is 0 Å². The van der Waals surface area contributed by atoms with Gasteiger partial charge in [-0.1, -0.05) is 0 Å². The van der Waals surface area contributed by atoms with Crippen molar-refractivity contribution in [2.75, 3.05) is 45.9 Å².